The molecule has 4 rings (SSSR count). The fourth-order valence-corrected chi connectivity index (χ4v) is 6.14. The number of amides is 2. The Labute approximate surface area is 252 Å². The van der Waals surface area contributed by atoms with Crippen LogP contribution in [0, 0.1) is 12.7 Å². The number of carbonyl (C=O) groups is 2. The zero-order valence-electron chi connectivity index (χ0n) is 25.1. The monoisotopic (exact) mass is 611 g/mol. The summed E-state index contributed by atoms with van der Waals surface area (Å²) in [7, 11) is -4.36. The molecular formula is C32H38FN3O6S. The van der Waals surface area contributed by atoms with E-state index in [9.17, 15) is 22.4 Å². The predicted octanol–water partition coefficient (Wildman–Crippen LogP) is 4.82. The summed E-state index contributed by atoms with van der Waals surface area (Å²) in [6.07, 6.45) is 0.297. The van der Waals surface area contributed by atoms with Crippen LogP contribution in [-0.4, -0.2) is 56.5 Å². The molecule has 3 aromatic rings. The molecule has 3 aromatic carbocycles. The average molecular weight is 612 g/mol. The van der Waals surface area contributed by atoms with Crippen LogP contribution in [0.2, 0.25) is 0 Å². The molecule has 0 fully saturated rings. The molecule has 1 N–H and O–H groups in total. The Kier molecular flexibility index (Phi) is 9.64. The lowest BCUT2D eigenvalue weighted by atomic mass is 10.1. The van der Waals surface area contributed by atoms with E-state index in [1.807, 2.05) is 52.0 Å². The highest BCUT2D eigenvalue weighted by Crippen LogP contribution is 2.34. The molecule has 0 saturated heterocycles. The largest absolute Gasteiger partial charge is 0.486 e. The van der Waals surface area contributed by atoms with Crippen LogP contribution >= 0.6 is 0 Å². The number of benzene rings is 3. The lowest BCUT2D eigenvalue weighted by Gasteiger charge is -2.35. The third-order valence-electron chi connectivity index (χ3n) is 6.85. The Morgan fingerprint density at radius 1 is 0.953 bits per heavy atom. The molecule has 9 nitrogen and oxygen atoms in total. The highest BCUT2D eigenvalue weighted by molar-refractivity contribution is 7.92. The van der Waals surface area contributed by atoms with E-state index in [1.165, 1.54) is 35.2 Å². The maximum Gasteiger partial charge on any atom is 0.264 e. The normalized spacial score (nSPS) is 13.6. The third kappa shape index (κ3) is 7.84. The smallest absolute Gasteiger partial charge is 0.264 e. The van der Waals surface area contributed by atoms with Crippen LogP contribution in [-0.2, 0) is 26.2 Å². The third-order valence-corrected chi connectivity index (χ3v) is 8.62. The van der Waals surface area contributed by atoms with E-state index in [0.29, 0.717) is 18.8 Å². The number of sulfonamides is 1. The minimum absolute atomic E-state index is 0.0799. The summed E-state index contributed by atoms with van der Waals surface area (Å²) in [5.41, 5.74) is 1.35. The molecule has 2 amide bonds. The minimum Gasteiger partial charge on any atom is -0.486 e. The molecule has 1 aliphatic heterocycles. The average Bonchev–Trinajstić information content (AvgIpc) is 2.96. The number of halogens is 1. The van der Waals surface area contributed by atoms with Crippen LogP contribution < -0.4 is 19.1 Å². The van der Waals surface area contributed by atoms with Crippen molar-refractivity contribution in [2.45, 2.75) is 64.1 Å². The summed E-state index contributed by atoms with van der Waals surface area (Å²) in [5.74, 6) is -0.823. The van der Waals surface area contributed by atoms with E-state index in [-0.39, 0.29) is 35.4 Å². The van der Waals surface area contributed by atoms with Gasteiger partial charge in [-0.05, 0) is 76.1 Å². The molecule has 230 valence electrons. The van der Waals surface area contributed by atoms with Crippen LogP contribution in [0.25, 0.3) is 0 Å². The number of carbonyl (C=O) groups excluding carboxylic acids is 2. The van der Waals surface area contributed by atoms with Crippen LogP contribution in [0.3, 0.4) is 0 Å². The summed E-state index contributed by atoms with van der Waals surface area (Å²) >= 11 is 0. The van der Waals surface area contributed by atoms with Gasteiger partial charge >= 0.3 is 0 Å². The first-order valence-electron chi connectivity index (χ1n) is 14.1. The maximum atomic E-state index is 14.2. The van der Waals surface area contributed by atoms with Gasteiger partial charge < -0.3 is 19.7 Å². The van der Waals surface area contributed by atoms with Crippen molar-refractivity contribution in [1.82, 2.24) is 10.2 Å². The molecule has 0 bridgehead atoms. The van der Waals surface area contributed by atoms with Crippen molar-refractivity contribution in [2.24, 2.45) is 0 Å². The second-order valence-electron chi connectivity index (χ2n) is 11.5. The van der Waals surface area contributed by atoms with Crippen molar-refractivity contribution >= 4 is 27.5 Å². The zero-order valence-corrected chi connectivity index (χ0v) is 25.9. The molecule has 43 heavy (non-hydrogen) atoms. The molecule has 11 heteroatoms. The number of aryl methyl sites for hydroxylation is 1. The van der Waals surface area contributed by atoms with Gasteiger partial charge in [-0.1, -0.05) is 36.8 Å². The topological polar surface area (TPSA) is 105 Å². The maximum absolute atomic E-state index is 14.2. The van der Waals surface area contributed by atoms with Gasteiger partial charge in [0.15, 0.2) is 11.5 Å². The fourth-order valence-electron chi connectivity index (χ4n) is 4.71. The van der Waals surface area contributed by atoms with Crippen molar-refractivity contribution in [3.63, 3.8) is 0 Å². The van der Waals surface area contributed by atoms with Gasteiger partial charge in [0.1, 0.15) is 31.6 Å². The second-order valence-corrected chi connectivity index (χ2v) is 13.3. The van der Waals surface area contributed by atoms with Gasteiger partial charge in [0.25, 0.3) is 10.0 Å². The molecule has 0 spiro atoms. The minimum atomic E-state index is -4.36. The molecule has 0 radical (unpaired) electrons. The Balaban J connectivity index is 1.75. The first kappa shape index (κ1) is 31.8. The molecule has 0 aromatic heterocycles. The number of rotatable bonds is 10. The predicted molar refractivity (Wildman–Crippen MR) is 162 cm³/mol. The van der Waals surface area contributed by atoms with Gasteiger partial charge in [0.05, 0.1) is 10.6 Å². The van der Waals surface area contributed by atoms with E-state index < -0.39 is 39.9 Å². The Bertz CT molecular complexity index is 1550. The standard InChI is InChI=1S/C32H38FN3O6S/c1-6-27(31(38)34-32(3,4)5)35(20-23-9-7-22(2)8-10-23)30(37)21-36(25-13-11-24(33)12-14-25)43(39,40)26-15-16-28-29(19-26)42-18-17-41-28/h7-16,19,27H,6,17-18,20-21H2,1-5H3,(H,34,38). The number of anilines is 1. The molecular weight excluding hydrogens is 573 g/mol. The quantitative estimate of drug-likeness (QED) is 0.353. The number of fused-ring (bicyclic) bond motifs is 1. The number of hydrogen-bond acceptors (Lipinski definition) is 6. The summed E-state index contributed by atoms with van der Waals surface area (Å²) in [6, 6.07) is 15.7. The van der Waals surface area contributed by atoms with Gasteiger partial charge in [-0.2, -0.15) is 0 Å². The van der Waals surface area contributed by atoms with Gasteiger partial charge in [-0.3, -0.25) is 13.9 Å². The summed E-state index contributed by atoms with van der Waals surface area (Å²) < 4.78 is 54.1. The van der Waals surface area contributed by atoms with Crippen LogP contribution in [0.15, 0.2) is 71.6 Å². The lowest BCUT2D eigenvalue weighted by molar-refractivity contribution is -0.141. The second kappa shape index (κ2) is 13.0. The van der Waals surface area contributed by atoms with Gasteiger partial charge in [0, 0.05) is 18.2 Å². The zero-order chi connectivity index (χ0) is 31.4. The molecule has 1 aliphatic rings. The van der Waals surface area contributed by atoms with Gasteiger partial charge in [-0.25, -0.2) is 12.8 Å². The van der Waals surface area contributed by atoms with Crippen molar-refractivity contribution < 1.29 is 31.9 Å². The molecule has 0 aliphatic carbocycles. The first-order valence-corrected chi connectivity index (χ1v) is 15.6. The number of nitrogens with zero attached hydrogens (tertiary/aromatic N) is 2. The molecule has 1 unspecified atom stereocenters. The number of nitrogens with one attached hydrogen (secondary N) is 1. The van der Waals surface area contributed by atoms with Gasteiger partial charge in [0.2, 0.25) is 11.8 Å². The lowest BCUT2D eigenvalue weighted by Crippen LogP contribution is -2.55. The highest BCUT2D eigenvalue weighted by atomic mass is 32.2. The van der Waals surface area contributed by atoms with E-state index in [0.717, 1.165) is 27.6 Å². The molecule has 1 atom stereocenters. The number of ether oxygens (including phenoxy) is 2. The Morgan fingerprint density at radius 2 is 1.58 bits per heavy atom. The Hall–Kier alpha value is -4.12. The van der Waals surface area contributed by atoms with Crippen LogP contribution in [0.5, 0.6) is 11.5 Å². The van der Waals surface area contributed by atoms with Crippen molar-refractivity contribution in [2.75, 3.05) is 24.1 Å². The summed E-state index contributed by atoms with van der Waals surface area (Å²) in [6.45, 7) is 9.34. The van der Waals surface area contributed by atoms with Crippen molar-refractivity contribution in [3.8, 4) is 11.5 Å². The van der Waals surface area contributed by atoms with Crippen LogP contribution in [0.4, 0.5) is 10.1 Å². The summed E-state index contributed by atoms with van der Waals surface area (Å²) in [4.78, 5) is 28.9. The summed E-state index contributed by atoms with van der Waals surface area (Å²) in [5, 5.41) is 2.94. The van der Waals surface area contributed by atoms with E-state index in [2.05, 4.69) is 5.32 Å². The van der Waals surface area contributed by atoms with Gasteiger partial charge in [-0.15, -0.1) is 0 Å². The molecule has 1 heterocycles. The van der Waals surface area contributed by atoms with Crippen molar-refractivity contribution in [1.29, 1.82) is 0 Å². The van der Waals surface area contributed by atoms with Crippen LogP contribution in [0.1, 0.15) is 45.2 Å². The Morgan fingerprint density at radius 3 is 2.19 bits per heavy atom. The molecule has 0 saturated carbocycles. The van der Waals surface area contributed by atoms with E-state index in [1.54, 1.807) is 6.92 Å². The number of hydrogen-bond donors (Lipinski definition) is 1. The SMILES string of the molecule is CCC(C(=O)NC(C)(C)C)N(Cc1ccc(C)cc1)C(=O)CN(c1ccc(F)cc1)S(=O)(=O)c1ccc2c(c1)OCCO2. The van der Waals surface area contributed by atoms with Crippen molar-refractivity contribution in [3.05, 3.63) is 83.7 Å². The highest BCUT2D eigenvalue weighted by Gasteiger charge is 2.35. The van der Waals surface area contributed by atoms with E-state index >= 15 is 0 Å². The first-order chi connectivity index (χ1) is 20.3. The van der Waals surface area contributed by atoms with E-state index in [4.69, 9.17) is 9.47 Å². The fraction of sp³-hybridized carbons (Fsp3) is 0.375.